The maximum absolute atomic E-state index is 11.9. The number of carbonyl (C=O) groups is 1. The molecule has 1 N–H and O–H groups in total. The van der Waals surface area contributed by atoms with E-state index in [-0.39, 0.29) is 0 Å². The van der Waals surface area contributed by atoms with Crippen molar-refractivity contribution in [1.82, 2.24) is 9.88 Å². The topological polar surface area (TPSA) is 71.9 Å². The van der Waals surface area contributed by atoms with Crippen LogP contribution in [-0.4, -0.2) is 40.2 Å². The Kier molecular flexibility index (Phi) is 6.00. The number of hydrogen-bond acceptors (Lipinski definition) is 5. The van der Waals surface area contributed by atoms with Crippen LogP contribution in [0.3, 0.4) is 0 Å². The van der Waals surface area contributed by atoms with Crippen LogP contribution in [-0.2, 0) is 17.9 Å². The third-order valence-corrected chi connectivity index (χ3v) is 6.24. The standard InChI is InChI=1S/C23H28N2O4/c1-28-22-12-17(6-7-21(22)29-15-16-8-10-24-11-9-16)14-25-19-5-3-2-4-18(19)13-20(25)23(26)27/h6-12,18-20H,2-5,13-15H2,1H3,(H,26,27). The van der Waals surface area contributed by atoms with Gasteiger partial charge in [0.1, 0.15) is 12.6 Å². The summed E-state index contributed by atoms with van der Waals surface area (Å²) in [5.74, 6) is 1.15. The molecule has 3 unspecified atom stereocenters. The first kappa shape index (κ1) is 19.7. The van der Waals surface area contributed by atoms with Crippen molar-refractivity contribution in [1.29, 1.82) is 0 Å². The molecular weight excluding hydrogens is 368 g/mol. The number of ether oxygens (including phenoxy) is 2. The van der Waals surface area contributed by atoms with Crippen molar-refractivity contribution in [3.05, 3.63) is 53.9 Å². The molecule has 1 aliphatic heterocycles. The van der Waals surface area contributed by atoms with Crippen LogP contribution in [0.15, 0.2) is 42.7 Å². The number of carboxylic acids is 1. The number of fused-ring (bicyclic) bond motifs is 1. The summed E-state index contributed by atoms with van der Waals surface area (Å²) in [7, 11) is 1.63. The monoisotopic (exact) mass is 396 g/mol. The fraction of sp³-hybridized carbons (Fsp3) is 0.478. The molecule has 3 atom stereocenters. The predicted octanol–water partition coefficient (Wildman–Crippen LogP) is 3.89. The summed E-state index contributed by atoms with van der Waals surface area (Å²) in [6.45, 7) is 1.06. The molecule has 1 saturated carbocycles. The van der Waals surface area contributed by atoms with E-state index in [1.807, 2.05) is 30.3 Å². The van der Waals surface area contributed by atoms with Gasteiger partial charge in [-0.15, -0.1) is 0 Å². The molecule has 0 spiro atoms. The first-order valence-corrected chi connectivity index (χ1v) is 10.3. The second-order valence-corrected chi connectivity index (χ2v) is 8.00. The maximum atomic E-state index is 11.9. The van der Waals surface area contributed by atoms with E-state index in [0.29, 0.717) is 36.6 Å². The minimum absolute atomic E-state index is 0.374. The minimum Gasteiger partial charge on any atom is -0.493 e. The van der Waals surface area contributed by atoms with Gasteiger partial charge in [0.2, 0.25) is 0 Å². The number of likely N-dealkylation sites (tertiary alicyclic amines) is 1. The van der Waals surface area contributed by atoms with Gasteiger partial charge in [0.25, 0.3) is 0 Å². The number of rotatable bonds is 7. The molecule has 0 bridgehead atoms. The van der Waals surface area contributed by atoms with Crippen molar-refractivity contribution in [2.75, 3.05) is 7.11 Å². The van der Waals surface area contributed by atoms with Crippen molar-refractivity contribution in [2.45, 2.75) is 57.3 Å². The summed E-state index contributed by atoms with van der Waals surface area (Å²) in [4.78, 5) is 18.1. The second kappa shape index (κ2) is 8.82. The van der Waals surface area contributed by atoms with Crippen LogP contribution >= 0.6 is 0 Å². The number of pyridine rings is 1. The van der Waals surface area contributed by atoms with Gasteiger partial charge in [0, 0.05) is 25.0 Å². The lowest BCUT2D eigenvalue weighted by Crippen LogP contribution is -2.41. The predicted molar refractivity (Wildman–Crippen MR) is 109 cm³/mol. The molecule has 4 rings (SSSR count). The lowest BCUT2D eigenvalue weighted by Gasteiger charge is -2.33. The van der Waals surface area contributed by atoms with Crippen molar-refractivity contribution < 1.29 is 19.4 Å². The molecule has 1 aromatic heterocycles. The molecule has 1 saturated heterocycles. The van der Waals surface area contributed by atoms with E-state index in [2.05, 4.69) is 9.88 Å². The van der Waals surface area contributed by atoms with Crippen LogP contribution in [0.25, 0.3) is 0 Å². The summed E-state index contributed by atoms with van der Waals surface area (Å²) in [5, 5.41) is 9.74. The highest BCUT2D eigenvalue weighted by molar-refractivity contribution is 5.74. The first-order valence-electron chi connectivity index (χ1n) is 10.3. The molecule has 2 aliphatic rings. The number of aromatic nitrogens is 1. The van der Waals surface area contributed by atoms with E-state index in [0.717, 1.165) is 30.4 Å². The summed E-state index contributed by atoms with van der Waals surface area (Å²) in [5.41, 5.74) is 2.09. The molecule has 2 aromatic rings. The van der Waals surface area contributed by atoms with Crippen LogP contribution in [0.4, 0.5) is 0 Å². The first-order chi connectivity index (χ1) is 14.2. The maximum Gasteiger partial charge on any atom is 0.320 e. The molecule has 29 heavy (non-hydrogen) atoms. The van der Waals surface area contributed by atoms with Crippen molar-refractivity contribution >= 4 is 5.97 Å². The Balaban J connectivity index is 1.48. The van der Waals surface area contributed by atoms with Crippen LogP contribution in [0.1, 0.15) is 43.2 Å². The van der Waals surface area contributed by atoms with E-state index in [1.54, 1.807) is 19.5 Å². The van der Waals surface area contributed by atoms with Gasteiger partial charge in [-0.2, -0.15) is 0 Å². The normalized spacial score (nSPS) is 24.1. The molecule has 154 valence electrons. The third-order valence-electron chi connectivity index (χ3n) is 6.24. The van der Waals surface area contributed by atoms with E-state index >= 15 is 0 Å². The number of aliphatic carboxylic acids is 1. The molecule has 0 amide bonds. The highest BCUT2D eigenvalue weighted by atomic mass is 16.5. The van der Waals surface area contributed by atoms with Gasteiger partial charge in [-0.05, 0) is 60.6 Å². The van der Waals surface area contributed by atoms with Crippen LogP contribution in [0.2, 0.25) is 0 Å². The summed E-state index contributed by atoms with van der Waals surface area (Å²) < 4.78 is 11.5. The van der Waals surface area contributed by atoms with E-state index in [9.17, 15) is 9.90 Å². The van der Waals surface area contributed by atoms with E-state index in [1.165, 1.54) is 12.8 Å². The Morgan fingerprint density at radius 2 is 1.93 bits per heavy atom. The Morgan fingerprint density at radius 3 is 2.69 bits per heavy atom. The molecular formula is C23H28N2O4. The molecule has 1 aliphatic carbocycles. The molecule has 2 fully saturated rings. The van der Waals surface area contributed by atoms with Gasteiger partial charge < -0.3 is 14.6 Å². The minimum atomic E-state index is -0.705. The molecule has 0 radical (unpaired) electrons. The number of carboxylic acid groups (broad SMARTS) is 1. The van der Waals surface area contributed by atoms with Crippen LogP contribution in [0, 0.1) is 5.92 Å². The average molecular weight is 396 g/mol. The Morgan fingerprint density at radius 1 is 1.14 bits per heavy atom. The summed E-state index contributed by atoms with van der Waals surface area (Å²) >= 11 is 0. The SMILES string of the molecule is COc1cc(CN2C(C(=O)O)CC3CCCCC32)ccc1OCc1ccncc1. The highest BCUT2D eigenvalue weighted by Gasteiger charge is 2.44. The largest absolute Gasteiger partial charge is 0.493 e. The zero-order chi connectivity index (χ0) is 20.2. The molecule has 2 heterocycles. The van der Waals surface area contributed by atoms with Gasteiger partial charge in [-0.1, -0.05) is 18.9 Å². The fourth-order valence-corrected chi connectivity index (χ4v) is 4.80. The van der Waals surface area contributed by atoms with Gasteiger partial charge in [0.15, 0.2) is 11.5 Å². The second-order valence-electron chi connectivity index (χ2n) is 8.00. The van der Waals surface area contributed by atoms with Crippen molar-refractivity contribution in [3.63, 3.8) is 0 Å². The average Bonchev–Trinajstić information content (AvgIpc) is 3.12. The van der Waals surface area contributed by atoms with Gasteiger partial charge >= 0.3 is 5.97 Å². The lowest BCUT2D eigenvalue weighted by molar-refractivity contribution is -0.142. The number of nitrogens with zero attached hydrogens (tertiary/aromatic N) is 2. The quantitative estimate of drug-likeness (QED) is 0.766. The Labute approximate surface area is 171 Å². The smallest absolute Gasteiger partial charge is 0.320 e. The summed E-state index contributed by atoms with van der Waals surface area (Å²) in [6.07, 6.45) is 8.91. The molecule has 1 aromatic carbocycles. The number of hydrogen-bond donors (Lipinski definition) is 1. The van der Waals surface area contributed by atoms with Gasteiger partial charge in [0.05, 0.1) is 7.11 Å². The highest BCUT2D eigenvalue weighted by Crippen LogP contribution is 2.41. The lowest BCUT2D eigenvalue weighted by atomic mass is 9.84. The van der Waals surface area contributed by atoms with Gasteiger partial charge in [-0.25, -0.2) is 0 Å². The van der Waals surface area contributed by atoms with Crippen molar-refractivity contribution in [2.24, 2.45) is 5.92 Å². The van der Waals surface area contributed by atoms with Gasteiger partial charge in [-0.3, -0.25) is 14.7 Å². The summed E-state index contributed by atoms with van der Waals surface area (Å²) in [6, 6.07) is 9.72. The van der Waals surface area contributed by atoms with Crippen LogP contribution < -0.4 is 9.47 Å². The Bertz CT molecular complexity index is 842. The van der Waals surface area contributed by atoms with E-state index < -0.39 is 12.0 Å². The van der Waals surface area contributed by atoms with Crippen molar-refractivity contribution in [3.8, 4) is 11.5 Å². The zero-order valence-corrected chi connectivity index (χ0v) is 16.8. The molecule has 6 nitrogen and oxygen atoms in total. The molecule has 6 heteroatoms. The van der Waals surface area contributed by atoms with E-state index in [4.69, 9.17) is 9.47 Å². The number of methoxy groups -OCH3 is 1. The van der Waals surface area contributed by atoms with Crippen LogP contribution in [0.5, 0.6) is 11.5 Å². The fourth-order valence-electron chi connectivity index (χ4n) is 4.80. The Hall–Kier alpha value is -2.60. The number of benzene rings is 1. The third kappa shape index (κ3) is 4.37. The zero-order valence-electron chi connectivity index (χ0n) is 16.8.